The molecule has 0 N–H and O–H groups in total. The lowest BCUT2D eigenvalue weighted by atomic mass is 10.1. The minimum atomic E-state index is -0.430. The third kappa shape index (κ3) is 3.42. The second kappa shape index (κ2) is 7.97. The van der Waals surface area contributed by atoms with Gasteiger partial charge in [-0.1, -0.05) is 31.9 Å². The van der Waals surface area contributed by atoms with Crippen LogP contribution in [0.2, 0.25) is 0 Å². The maximum atomic E-state index is 11.5. The fraction of sp³-hybridized carbons (Fsp3) is 0.200. The van der Waals surface area contributed by atoms with Crippen LogP contribution in [0.1, 0.15) is 34.6 Å². The largest absolute Gasteiger partial charge is 0.305 e. The van der Waals surface area contributed by atoms with Crippen LogP contribution in [0.5, 0.6) is 0 Å². The van der Waals surface area contributed by atoms with Gasteiger partial charge in [0.05, 0.1) is 22.5 Å². The van der Waals surface area contributed by atoms with E-state index in [2.05, 4.69) is 31.9 Å². The monoisotopic (exact) mass is 506 g/mol. The van der Waals surface area contributed by atoms with Crippen molar-refractivity contribution in [1.82, 2.24) is 0 Å². The normalized spacial score (nSPS) is 14.9. The molecule has 144 valence electrons. The Labute approximate surface area is 178 Å². The van der Waals surface area contributed by atoms with Crippen LogP contribution in [0.15, 0.2) is 45.3 Å². The fourth-order valence-corrected chi connectivity index (χ4v) is 3.90. The van der Waals surface area contributed by atoms with Gasteiger partial charge in [0.15, 0.2) is 0 Å². The third-order valence-corrected chi connectivity index (χ3v) is 5.49. The van der Waals surface area contributed by atoms with Crippen molar-refractivity contribution in [2.75, 3.05) is 22.9 Å². The van der Waals surface area contributed by atoms with Crippen molar-refractivity contribution in [3.05, 3.63) is 56.5 Å². The molecule has 0 unspecified atom stereocenters. The highest BCUT2D eigenvalue weighted by atomic mass is 79.9. The molecule has 2 aliphatic rings. The predicted octanol–water partition coefficient (Wildman–Crippen LogP) is 4.00. The number of Topliss-reactive ketones (excluding diaryl/α,β-unsaturated/α-hetero) is 2. The van der Waals surface area contributed by atoms with Gasteiger partial charge in [-0.15, -0.1) is 0 Å². The van der Waals surface area contributed by atoms with Gasteiger partial charge in [0.25, 0.3) is 23.4 Å². The zero-order valence-corrected chi connectivity index (χ0v) is 18.3. The van der Waals surface area contributed by atoms with Gasteiger partial charge in [-0.25, -0.2) is 0 Å². The number of likely N-dealkylation sites (N-methyl/N-ethyl adjacent to an activating group) is 2. The van der Waals surface area contributed by atoms with E-state index in [-0.39, 0.29) is 0 Å². The first-order valence-electron chi connectivity index (χ1n) is 8.61. The van der Waals surface area contributed by atoms with E-state index in [0.717, 1.165) is 8.95 Å². The Morgan fingerprint density at radius 3 is 1.36 bits per heavy atom. The van der Waals surface area contributed by atoms with Gasteiger partial charge in [-0.2, -0.15) is 0 Å². The molecule has 0 bridgehead atoms. The van der Waals surface area contributed by atoms with Crippen molar-refractivity contribution in [2.24, 2.45) is 0 Å². The second-order valence-corrected chi connectivity index (χ2v) is 7.91. The number of nitrogens with zero attached hydrogens (tertiary/aromatic N) is 2. The minimum Gasteiger partial charge on any atom is -0.305 e. The molecule has 0 saturated carbocycles. The van der Waals surface area contributed by atoms with Crippen molar-refractivity contribution in [3.8, 4) is 0 Å². The molecule has 2 aromatic rings. The van der Waals surface area contributed by atoms with Crippen molar-refractivity contribution in [3.63, 3.8) is 0 Å². The Bertz CT molecular complexity index is 938. The van der Waals surface area contributed by atoms with Crippen LogP contribution < -0.4 is 9.80 Å². The van der Waals surface area contributed by atoms with E-state index in [1.165, 1.54) is 9.80 Å². The Morgan fingerprint density at radius 1 is 0.679 bits per heavy atom. The molecular formula is C20H16Br2N2O4. The standard InChI is InChI=1S/2C10H8BrNO2/c2*1-2-12-8-4-3-6(11)5-7(8)9(13)10(12)14/h2*3-5H,2H2,1H3. The molecule has 6 nitrogen and oxygen atoms in total. The van der Waals surface area contributed by atoms with Crippen LogP contribution in [-0.4, -0.2) is 36.5 Å². The smallest absolute Gasteiger partial charge is 0.299 e. The molecule has 28 heavy (non-hydrogen) atoms. The minimum absolute atomic E-state index is 0.414. The Hall–Kier alpha value is -2.32. The number of carbonyl (C=O) groups is 4. The number of carbonyl (C=O) groups excluding carboxylic acids is 4. The van der Waals surface area contributed by atoms with Crippen molar-refractivity contribution in [2.45, 2.75) is 13.8 Å². The summed E-state index contributed by atoms with van der Waals surface area (Å²) in [6.45, 7) is 4.75. The topological polar surface area (TPSA) is 74.8 Å². The first kappa shape index (κ1) is 20.4. The highest BCUT2D eigenvalue weighted by Gasteiger charge is 2.35. The van der Waals surface area contributed by atoms with Gasteiger partial charge in [0.1, 0.15) is 0 Å². The lowest BCUT2D eigenvalue weighted by Crippen LogP contribution is -2.29. The summed E-state index contributed by atoms with van der Waals surface area (Å²) in [6, 6.07) is 10.6. The van der Waals surface area contributed by atoms with E-state index in [1.807, 2.05) is 26.0 Å². The maximum absolute atomic E-state index is 11.5. The number of amides is 2. The number of fused-ring (bicyclic) bond motifs is 2. The van der Waals surface area contributed by atoms with Gasteiger partial charge in [-0.05, 0) is 50.2 Å². The highest BCUT2D eigenvalue weighted by molar-refractivity contribution is 9.10. The first-order chi connectivity index (χ1) is 13.3. The zero-order chi connectivity index (χ0) is 20.6. The molecule has 2 heterocycles. The number of benzene rings is 2. The number of rotatable bonds is 2. The van der Waals surface area contributed by atoms with Crippen LogP contribution >= 0.6 is 31.9 Å². The quantitative estimate of drug-likeness (QED) is 0.576. The summed E-state index contributed by atoms with van der Waals surface area (Å²) < 4.78 is 1.63. The molecular weight excluding hydrogens is 492 g/mol. The Kier molecular flexibility index (Phi) is 5.81. The first-order valence-corrected chi connectivity index (χ1v) is 10.2. The third-order valence-electron chi connectivity index (χ3n) is 4.50. The van der Waals surface area contributed by atoms with Crippen LogP contribution in [0.3, 0.4) is 0 Å². The van der Waals surface area contributed by atoms with Gasteiger partial charge in [-0.3, -0.25) is 19.2 Å². The lowest BCUT2D eigenvalue weighted by Gasteiger charge is -2.12. The summed E-state index contributed by atoms with van der Waals surface area (Å²) in [5, 5.41) is 0. The van der Waals surface area contributed by atoms with Crippen molar-refractivity contribution >= 4 is 66.6 Å². The molecule has 0 atom stereocenters. The SMILES string of the molecule is CCN1C(=O)C(=O)c2cc(Br)ccc21.CCN1C(=O)C(=O)c2cc(Br)ccc21. The number of hydrogen-bond acceptors (Lipinski definition) is 4. The highest BCUT2D eigenvalue weighted by Crippen LogP contribution is 2.31. The van der Waals surface area contributed by atoms with Gasteiger partial charge < -0.3 is 9.80 Å². The Balaban J connectivity index is 0.000000161. The fourth-order valence-electron chi connectivity index (χ4n) is 3.17. The van der Waals surface area contributed by atoms with Crippen LogP contribution in [0, 0.1) is 0 Å². The molecule has 0 radical (unpaired) electrons. The van der Waals surface area contributed by atoms with Crippen LogP contribution in [-0.2, 0) is 9.59 Å². The van der Waals surface area contributed by atoms with Crippen LogP contribution in [0.25, 0.3) is 0 Å². The van der Waals surface area contributed by atoms with E-state index in [1.54, 1.807) is 24.3 Å². The van der Waals surface area contributed by atoms with E-state index in [4.69, 9.17) is 0 Å². The van der Waals surface area contributed by atoms with Crippen LogP contribution in [0.4, 0.5) is 11.4 Å². The lowest BCUT2D eigenvalue weighted by molar-refractivity contribution is -0.114. The van der Waals surface area contributed by atoms with Crippen molar-refractivity contribution in [1.29, 1.82) is 0 Å². The Morgan fingerprint density at radius 2 is 1.04 bits per heavy atom. The average Bonchev–Trinajstić information content (AvgIpc) is 3.06. The molecule has 2 aromatic carbocycles. The zero-order valence-electron chi connectivity index (χ0n) is 15.2. The number of hydrogen-bond donors (Lipinski definition) is 0. The van der Waals surface area contributed by atoms with E-state index in [9.17, 15) is 19.2 Å². The molecule has 0 spiro atoms. The van der Waals surface area contributed by atoms with Crippen molar-refractivity contribution < 1.29 is 19.2 Å². The average molecular weight is 508 g/mol. The molecule has 8 heteroatoms. The number of ketones is 2. The summed E-state index contributed by atoms with van der Waals surface area (Å²) >= 11 is 6.54. The molecule has 2 amide bonds. The molecule has 2 aliphatic heterocycles. The van der Waals surface area contributed by atoms with E-state index in [0.29, 0.717) is 35.6 Å². The summed E-state index contributed by atoms with van der Waals surface area (Å²) in [5.41, 5.74) is 2.41. The molecule has 0 fully saturated rings. The van der Waals surface area contributed by atoms with Gasteiger partial charge >= 0.3 is 0 Å². The van der Waals surface area contributed by atoms with E-state index >= 15 is 0 Å². The summed E-state index contributed by atoms with van der Waals surface area (Å²) in [4.78, 5) is 48.9. The second-order valence-electron chi connectivity index (χ2n) is 6.08. The molecule has 4 rings (SSSR count). The predicted molar refractivity (Wildman–Crippen MR) is 113 cm³/mol. The summed E-state index contributed by atoms with van der Waals surface area (Å²) in [7, 11) is 0. The maximum Gasteiger partial charge on any atom is 0.299 e. The number of anilines is 2. The van der Waals surface area contributed by atoms with Gasteiger partial charge in [0.2, 0.25) is 0 Å². The summed E-state index contributed by atoms with van der Waals surface area (Å²) in [6.07, 6.45) is 0. The summed E-state index contributed by atoms with van der Waals surface area (Å²) in [5.74, 6) is -1.69. The number of halogens is 2. The molecule has 0 aliphatic carbocycles. The molecule has 0 aromatic heterocycles. The van der Waals surface area contributed by atoms with Gasteiger partial charge in [0, 0.05) is 22.0 Å². The van der Waals surface area contributed by atoms with E-state index < -0.39 is 23.4 Å². The molecule has 0 saturated heterocycles.